The quantitative estimate of drug-likeness (QED) is 0.404. The van der Waals surface area contributed by atoms with Crippen LogP contribution in [0.5, 0.6) is 17.2 Å². The lowest BCUT2D eigenvalue weighted by Crippen LogP contribution is -2.22. The average molecular weight is 391 g/mol. The number of phenols is 1. The van der Waals surface area contributed by atoms with E-state index in [1.807, 2.05) is 18.2 Å². The van der Waals surface area contributed by atoms with Crippen LogP contribution < -0.4 is 20.4 Å². The number of H-pyrrole nitrogens is 1. The maximum Gasteiger partial charge on any atom is 0.342 e. The van der Waals surface area contributed by atoms with Crippen molar-refractivity contribution in [2.45, 2.75) is 5.92 Å². The highest BCUT2D eigenvalue weighted by Crippen LogP contribution is 2.48. The molecule has 0 saturated carbocycles. The summed E-state index contributed by atoms with van der Waals surface area (Å²) in [6, 6.07) is 10.7. The van der Waals surface area contributed by atoms with E-state index >= 15 is 0 Å². The number of hydrogen-bond acceptors (Lipinski definition) is 7. The fraction of sp³-hybridized carbons (Fsp3) is 0.143. The number of aromatic nitrogens is 2. The second-order valence-electron chi connectivity index (χ2n) is 6.71. The van der Waals surface area contributed by atoms with Crippen LogP contribution in [0.3, 0.4) is 0 Å². The van der Waals surface area contributed by atoms with Crippen molar-refractivity contribution in [1.82, 2.24) is 10.2 Å². The lowest BCUT2D eigenvalue weighted by Gasteiger charge is -2.27. The smallest absolute Gasteiger partial charge is 0.342 e. The van der Waals surface area contributed by atoms with Crippen LogP contribution >= 0.6 is 0 Å². The van der Waals surface area contributed by atoms with E-state index in [0.717, 1.165) is 10.9 Å². The van der Waals surface area contributed by atoms with Crippen LogP contribution in [0.1, 0.15) is 22.6 Å². The molecule has 0 radical (unpaired) electrons. The Morgan fingerprint density at radius 2 is 1.86 bits per heavy atom. The maximum atomic E-state index is 13.0. The molecule has 3 N–H and O–H groups in total. The van der Waals surface area contributed by atoms with Gasteiger partial charge in [0.15, 0.2) is 11.5 Å². The largest absolute Gasteiger partial charge is 0.502 e. The minimum Gasteiger partial charge on any atom is -0.502 e. The number of fused-ring (bicyclic) bond motifs is 4. The van der Waals surface area contributed by atoms with Gasteiger partial charge in [-0.15, -0.1) is 0 Å². The Bertz CT molecular complexity index is 1280. The average Bonchev–Trinajstić information content (AvgIpc) is 3.21. The van der Waals surface area contributed by atoms with Gasteiger partial charge in [-0.2, -0.15) is 5.10 Å². The summed E-state index contributed by atoms with van der Waals surface area (Å²) in [6.07, 6.45) is 1.66. The van der Waals surface area contributed by atoms with Gasteiger partial charge in [0.1, 0.15) is 11.4 Å². The second kappa shape index (κ2) is 6.30. The zero-order chi connectivity index (χ0) is 20.1. The molecule has 1 atom stereocenters. The molecule has 0 amide bonds. The molecular formula is C21H17N3O5. The molecule has 0 aliphatic carbocycles. The number of hydrogen-bond donors (Lipinski definition) is 3. The van der Waals surface area contributed by atoms with Crippen LogP contribution in [0.4, 0.5) is 11.5 Å². The number of nitrogens with zero attached hydrogens (tertiary/aromatic N) is 1. The summed E-state index contributed by atoms with van der Waals surface area (Å²) in [6.45, 7) is 0. The van der Waals surface area contributed by atoms with E-state index in [-0.39, 0.29) is 17.2 Å². The highest BCUT2D eigenvalue weighted by atomic mass is 16.5. The van der Waals surface area contributed by atoms with Crippen molar-refractivity contribution in [3.8, 4) is 17.2 Å². The fourth-order valence-corrected chi connectivity index (χ4v) is 3.88. The molecule has 1 aliphatic heterocycles. The molecule has 2 aromatic carbocycles. The van der Waals surface area contributed by atoms with Crippen LogP contribution in [0.15, 0.2) is 51.8 Å². The van der Waals surface area contributed by atoms with Gasteiger partial charge < -0.3 is 24.3 Å². The third-order valence-corrected chi connectivity index (χ3v) is 5.20. The van der Waals surface area contributed by atoms with Gasteiger partial charge in [0.25, 0.3) is 0 Å². The highest BCUT2D eigenvalue weighted by molar-refractivity contribution is 5.95. The Balaban J connectivity index is 1.85. The molecule has 8 heteroatoms. The van der Waals surface area contributed by atoms with E-state index < -0.39 is 11.5 Å². The molecule has 4 aromatic rings. The lowest BCUT2D eigenvalue weighted by atomic mass is 9.83. The molecule has 29 heavy (non-hydrogen) atoms. The number of aromatic amines is 1. The van der Waals surface area contributed by atoms with Crippen molar-refractivity contribution in [1.29, 1.82) is 0 Å². The zero-order valence-corrected chi connectivity index (χ0v) is 15.6. The number of aromatic hydroxyl groups is 1. The van der Waals surface area contributed by atoms with Gasteiger partial charge in [-0.1, -0.05) is 12.1 Å². The third-order valence-electron chi connectivity index (χ3n) is 5.20. The van der Waals surface area contributed by atoms with E-state index in [2.05, 4.69) is 15.5 Å². The highest BCUT2D eigenvalue weighted by Gasteiger charge is 2.34. The Kier molecular flexibility index (Phi) is 3.73. The Morgan fingerprint density at radius 3 is 2.59 bits per heavy atom. The van der Waals surface area contributed by atoms with Crippen LogP contribution in [0.2, 0.25) is 0 Å². The number of anilines is 2. The number of phenolic OH excluding ortho intramolecular Hbond substituents is 1. The normalized spacial score (nSPS) is 14.8. The van der Waals surface area contributed by atoms with Crippen LogP contribution in [0, 0.1) is 0 Å². The molecule has 0 bridgehead atoms. The molecule has 0 spiro atoms. The van der Waals surface area contributed by atoms with Gasteiger partial charge in [0.2, 0.25) is 5.75 Å². The van der Waals surface area contributed by atoms with Crippen molar-refractivity contribution in [3.63, 3.8) is 0 Å². The predicted molar refractivity (Wildman–Crippen MR) is 107 cm³/mol. The zero-order valence-electron chi connectivity index (χ0n) is 15.6. The number of methoxy groups -OCH3 is 2. The molecular weight excluding hydrogens is 374 g/mol. The van der Waals surface area contributed by atoms with Crippen LogP contribution in [-0.4, -0.2) is 29.5 Å². The maximum absolute atomic E-state index is 13.0. The van der Waals surface area contributed by atoms with Gasteiger partial charge in [-0.25, -0.2) is 4.79 Å². The minimum atomic E-state index is -0.496. The summed E-state index contributed by atoms with van der Waals surface area (Å²) in [7, 11) is 2.92. The third kappa shape index (κ3) is 2.46. The standard InChI is InChI=1S/C21H17N3O5/c1-27-14-7-10(8-15(28-2)19(14)25)16-12-9-22-24-20(12)23-18-11-5-3-4-6-13(11)29-21(26)17(16)18/h3-9,16,25H,1-2H3,(H2,22,23,24)/t16-/m0/s1. The molecule has 5 rings (SSSR count). The number of nitrogens with one attached hydrogen (secondary N) is 2. The van der Waals surface area contributed by atoms with E-state index in [1.165, 1.54) is 14.2 Å². The van der Waals surface area contributed by atoms with Crippen LogP contribution in [0.25, 0.3) is 11.0 Å². The number of ether oxygens (including phenoxy) is 2. The summed E-state index contributed by atoms with van der Waals surface area (Å²) in [5, 5.41) is 21.5. The van der Waals surface area contributed by atoms with Gasteiger partial charge in [-0.05, 0) is 29.8 Å². The molecule has 0 saturated heterocycles. The number of para-hydroxylation sites is 1. The number of benzene rings is 2. The first-order chi connectivity index (χ1) is 14.1. The molecule has 0 fully saturated rings. The summed E-state index contributed by atoms with van der Waals surface area (Å²) >= 11 is 0. The summed E-state index contributed by atoms with van der Waals surface area (Å²) in [4.78, 5) is 13.0. The first-order valence-electron chi connectivity index (χ1n) is 8.93. The van der Waals surface area contributed by atoms with Crippen molar-refractivity contribution >= 4 is 22.5 Å². The molecule has 0 unspecified atom stereocenters. The lowest BCUT2D eigenvalue weighted by molar-refractivity contribution is 0.339. The van der Waals surface area contributed by atoms with E-state index in [0.29, 0.717) is 28.2 Å². The topological polar surface area (TPSA) is 110 Å². The SMILES string of the molecule is COc1cc([C@H]2c3cn[nH]c3Nc3c2c(=O)oc2ccccc32)cc(OC)c1O. The summed E-state index contributed by atoms with van der Waals surface area (Å²) in [5.41, 5.74) is 2.62. The van der Waals surface area contributed by atoms with Crippen LogP contribution in [-0.2, 0) is 0 Å². The molecule has 2 aromatic heterocycles. The minimum absolute atomic E-state index is 0.106. The summed E-state index contributed by atoms with van der Waals surface area (Å²) < 4.78 is 16.2. The molecule has 8 nitrogen and oxygen atoms in total. The molecule has 3 heterocycles. The molecule has 146 valence electrons. The van der Waals surface area contributed by atoms with Crippen molar-refractivity contribution in [2.75, 3.05) is 19.5 Å². The van der Waals surface area contributed by atoms with E-state index in [4.69, 9.17) is 13.9 Å². The second-order valence-corrected chi connectivity index (χ2v) is 6.71. The van der Waals surface area contributed by atoms with Crippen molar-refractivity contribution in [2.24, 2.45) is 0 Å². The molecule has 1 aliphatic rings. The van der Waals surface area contributed by atoms with Gasteiger partial charge in [-0.3, -0.25) is 5.10 Å². The first kappa shape index (κ1) is 17.2. The monoisotopic (exact) mass is 391 g/mol. The van der Waals surface area contributed by atoms with Gasteiger partial charge >= 0.3 is 5.63 Å². The van der Waals surface area contributed by atoms with Gasteiger partial charge in [0, 0.05) is 16.9 Å². The number of rotatable bonds is 3. The Labute approximate surface area is 164 Å². The van der Waals surface area contributed by atoms with E-state index in [9.17, 15) is 9.90 Å². The van der Waals surface area contributed by atoms with E-state index in [1.54, 1.807) is 24.4 Å². The Morgan fingerprint density at radius 1 is 1.14 bits per heavy atom. The van der Waals surface area contributed by atoms with Crippen molar-refractivity contribution < 1.29 is 19.0 Å². The fourth-order valence-electron chi connectivity index (χ4n) is 3.88. The Hall–Kier alpha value is -3.94. The summed E-state index contributed by atoms with van der Waals surface area (Å²) in [5.74, 6) is 0.573. The first-order valence-corrected chi connectivity index (χ1v) is 8.93. The predicted octanol–water partition coefficient (Wildman–Crippen LogP) is 3.48. The van der Waals surface area contributed by atoms with Gasteiger partial charge in [0.05, 0.1) is 31.7 Å². The van der Waals surface area contributed by atoms with Crippen molar-refractivity contribution in [3.05, 3.63) is 69.7 Å².